The van der Waals surface area contributed by atoms with E-state index in [2.05, 4.69) is 20.6 Å². The Kier molecular flexibility index (Phi) is 5.38. The van der Waals surface area contributed by atoms with Crippen molar-refractivity contribution in [2.45, 2.75) is 33.4 Å². The number of benzene rings is 1. The van der Waals surface area contributed by atoms with E-state index in [1.807, 2.05) is 0 Å². The van der Waals surface area contributed by atoms with Crippen molar-refractivity contribution < 1.29 is 22.8 Å². The third-order valence-electron chi connectivity index (χ3n) is 4.64. The zero-order valence-electron chi connectivity index (χ0n) is 16.4. The second-order valence-corrected chi connectivity index (χ2v) is 6.77. The number of aromatic amines is 1. The molecule has 0 aliphatic heterocycles. The summed E-state index contributed by atoms with van der Waals surface area (Å²) in [6.07, 6.45) is -4.57. The number of anilines is 1. The molecule has 0 radical (unpaired) electrons. The van der Waals surface area contributed by atoms with Crippen LogP contribution in [0.3, 0.4) is 0 Å². The van der Waals surface area contributed by atoms with E-state index < -0.39 is 23.6 Å². The first-order chi connectivity index (χ1) is 14.0. The zero-order chi connectivity index (χ0) is 22.2. The second-order valence-electron chi connectivity index (χ2n) is 6.77. The van der Waals surface area contributed by atoms with Gasteiger partial charge in [-0.2, -0.15) is 23.4 Å². The molecule has 3 aromatic rings. The maximum absolute atomic E-state index is 13.0. The molecule has 11 heteroatoms. The Balaban J connectivity index is 1.88. The van der Waals surface area contributed by atoms with E-state index >= 15 is 0 Å². The van der Waals surface area contributed by atoms with E-state index in [1.54, 1.807) is 20.8 Å². The number of H-pyrrole nitrogens is 1. The number of aryl methyl sites for hydroxylation is 2. The van der Waals surface area contributed by atoms with E-state index in [9.17, 15) is 22.8 Å². The van der Waals surface area contributed by atoms with Gasteiger partial charge in [0.1, 0.15) is 0 Å². The van der Waals surface area contributed by atoms with Crippen molar-refractivity contribution in [1.82, 2.24) is 20.0 Å². The summed E-state index contributed by atoms with van der Waals surface area (Å²) >= 11 is 0. The molecule has 1 aromatic carbocycles. The molecule has 158 valence electrons. The topological polar surface area (TPSA) is 119 Å². The molecule has 0 fully saturated rings. The molecule has 8 nitrogen and oxygen atoms in total. The minimum absolute atomic E-state index is 0.0889. The van der Waals surface area contributed by atoms with Crippen LogP contribution in [0, 0.1) is 20.8 Å². The van der Waals surface area contributed by atoms with Gasteiger partial charge in [0.05, 0.1) is 34.7 Å². The van der Waals surface area contributed by atoms with Crippen LogP contribution in [0.15, 0.2) is 24.3 Å². The molecule has 0 bridgehead atoms. The van der Waals surface area contributed by atoms with Crippen LogP contribution in [-0.2, 0) is 17.4 Å². The monoisotopic (exact) mass is 420 g/mol. The van der Waals surface area contributed by atoms with Crippen LogP contribution in [0.5, 0.6) is 0 Å². The number of hydrogen-bond acceptors (Lipinski definition) is 4. The fourth-order valence-electron chi connectivity index (χ4n) is 3.10. The highest BCUT2D eigenvalue weighted by molar-refractivity contribution is 6.02. The van der Waals surface area contributed by atoms with Gasteiger partial charge < -0.3 is 11.1 Å². The highest BCUT2D eigenvalue weighted by Gasteiger charge is 2.31. The number of amides is 2. The van der Waals surface area contributed by atoms with Crippen LogP contribution in [-0.4, -0.2) is 31.8 Å². The fraction of sp³-hybridized carbons (Fsp3) is 0.263. The Morgan fingerprint density at radius 3 is 2.57 bits per heavy atom. The Hall–Kier alpha value is -3.63. The van der Waals surface area contributed by atoms with Crippen molar-refractivity contribution in [3.8, 4) is 5.69 Å². The first kappa shape index (κ1) is 21.1. The SMILES string of the molecule is Cc1nn(-c2cccc(C(F)(F)F)c2)c(C)c1CC(=O)Nc1c(C(N)=O)n[nH]c1C. The maximum Gasteiger partial charge on any atom is 0.416 e. The number of nitrogens with two attached hydrogens (primary N) is 1. The number of carbonyl (C=O) groups is 2. The highest BCUT2D eigenvalue weighted by atomic mass is 19.4. The predicted molar refractivity (Wildman–Crippen MR) is 102 cm³/mol. The summed E-state index contributed by atoms with van der Waals surface area (Å²) in [6, 6.07) is 4.78. The minimum Gasteiger partial charge on any atom is -0.364 e. The van der Waals surface area contributed by atoms with Gasteiger partial charge in [0.25, 0.3) is 5.91 Å². The van der Waals surface area contributed by atoms with Crippen LogP contribution in [0.2, 0.25) is 0 Å². The molecule has 0 unspecified atom stereocenters. The van der Waals surface area contributed by atoms with Gasteiger partial charge >= 0.3 is 6.18 Å². The number of rotatable bonds is 5. The zero-order valence-corrected chi connectivity index (χ0v) is 16.4. The van der Waals surface area contributed by atoms with Crippen LogP contribution in [0.25, 0.3) is 5.69 Å². The van der Waals surface area contributed by atoms with Gasteiger partial charge in [-0.1, -0.05) is 6.07 Å². The van der Waals surface area contributed by atoms with Crippen LogP contribution < -0.4 is 11.1 Å². The van der Waals surface area contributed by atoms with E-state index in [1.165, 1.54) is 16.8 Å². The summed E-state index contributed by atoms with van der Waals surface area (Å²) in [5.41, 5.74) is 6.85. The summed E-state index contributed by atoms with van der Waals surface area (Å²) in [5.74, 6) is -1.24. The van der Waals surface area contributed by atoms with Crippen molar-refractivity contribution >= 4 is 17.5 Å². The smallest absolute Gasteiger partial charge is 0.364 e. The fourth-order valence-corrected chi connectivity index (χ4v) is 3.10. The molecule has 3 rings (SSSR count). The number of hydrogen-bond donors (Lipinski definition) is 3. The average Bonchev–Trinajstić information content (AvgIpc) is 3.16. The number of aromatic nitrogens is 4. The standard InChI is InChI=1S/C19H19F3N6O2/c1-9-14(8-15(29)24-16-10(2)25-26-17(16)18(23)30)11(3)28(27-9)13-6-4-5-12(7-13)19(20,21)22/h4-7H,8H2,1-3H3,(H2,23,30)(H,24,29)(H,25,26). The third kappa shape index (κ3) is 4.04. The molecule has 0 aliphatic rings. The van der Waals surface area contributed by atoms with Gasteiger partial charge in [-0.3, -0.25) is 14.7 Å². The number of halogens is 3. The molecule has 2 aromatic heterocycles. The first-order valence-electron chi connectivity index (χ1n) is 8.86. The average molecular weight is 420 g/mol. The van der Waals surface area contributed by atoms with Gasteiger partial charge in [-0.05, 0) is 39.0 Å². The lowest BCUT2D eigenvalue weighted by atomic mass is 10.1. The molecule has 0 spiro atoms. The molecule has 0 saturated heterocycles. The number of nitrogens with one attached hydrogen (secondary N) is 2. The van der Waals surface area contributed by atoms with Crippen LogP contribution >= 0.6 is 0 Å². The lowest BCUT2D eigenvalue weighted by Gasteiger charge is -2.10. The van der Waals surface area contributed by atoms with Crippen molar-refractivity contribution in [3.05, 3.63) is 58.2 Å². The Morgan fingerprint density at radius 2 is 1.93 bits per heavy atom. The van der Waals surface area contributed by atoms with E-state index in [0.29, 0.717) is 22.6 Å². The van der Waals surface area contributed by atoms with Crippen molar-refractivity contribution in [2.75, 3.05) is 5.32 Å². The lowest BCUT2D eigenvalue weighted by Crippen LogP contribution is -2.20. The molecule has 2 heterocycles. The molecule has 30 heavy (non-hydrogen) atoms. The largest absolute Gasteiger partial charge is 0.416 e. The first-order valence-corrected chi connectivity index (χ1v) is 8.86. The van der Waals surface area contributed by atoms with Gasteiger partial charge in [0, 0.05) is 11.3 Å². The predicted octanol–water partition coefficient (Wildman–Crippen LogP) is 2.82. The maximum atomic E-state index is 13.0. The lowest BCUT2D eigenvalue weighted by molar-refractivity contribution is -0.137. The molecule has 2 amide bonds. The molecule has 0 atom stereocenters. The number of carbonyl (C=O) groups excluding carboxylic acids is 2. The quantitative estimate of drug-likeness (QED) is 0.588. The van der Waals surface area contributed by atoms with E-state index in [4.69, 9.17) is 5.73 Å². The van der Waals surface area contributed by atoms with Crippen molar-refractivity contribution in [3.63, 3.8) is 0 Å². The van der Waals surface area contributed by atoms with Crippen molar-refractivity contribution in [1.29, 1.82) is 0 Å². The summed E-state index contributed by atoms with van der Waals surface area (Å²) in [6.45, 7) is 4.95. The highest BCUT2D eigenvalue weighted by Crippen LogP contribution is 2.31. The molecule has 4 N–H and O–H groups in total. The molecule has 0 saturated carbocycles. The van der Waals surface area contributed by atoms with E-state index in [-0.39, 0.29) is 23.5 Å². The molecule has 0 aliphatic carbocycles. The summed E-state index contributed by atoms with van der Waals surface area (Å²) in [5, 5.41) is 13.2. The Morgan fingerprint density at radius 1 is 1.23 bits per heavy atom. The summed E-state index contributed by atoms with van der Waals surface area (Å²) in [4.78, 5) is 24.0. The van der Waals surface area contributed by atoms with Crippen LogP contribution in [0.4, 0.5) is 18.9 Å². The Bertz CT molecular complexity index is 1130. The van der Waals surface area contributed by atoms with Gasteiger partial charge in [-0.15, -0.1) is 0 Å². The van der Waals surface area contributed by atoms with Gasteiger partial charge in [-0.25, -0.2) is 4.68 Å². The normalized spacial score (nSPS) is 11.5. The second kappa shape index (κ2) is 7.65. The molecular weight excluding hydrogens is 401 g/mol. The molecular formula is C19H19F3N6O2. The Labute approximate surface area is 169 Å². The number of alkyl halides is 3. The number of nitrogens with zero attached hydrogens (tertiary/aromatic N) is 3. The van der Waals surface area contributed by atoms with Crippen LogP contribution in [0.1, 0.15) is 38.7 Å². The van der Waals surface area contributed by atoms with Gasteiger partial charge in [0.2, 0.25) is 5.91 Å². The summed E-state index contributed by atoms with van der Waals surface area (Å²) in [7, 11) is 0. The summed E-state index contributed by atoms with van der Waals surface area (Å²) < 4.78 is 40.4. The number of primary amides is 1. The van der Waals surface area contributed by atoms with Crippen molar-refractivity contribution in [2.24, 2.45) is 5.73 Å². The van der Waals surface area contributed by atoms with Gasteiger partial charge in [0.15, 0.2) is 5.69 Å². The van der Waals surface area contributed by atoms with E-state index in [0.717, 1.165) is 12.1 Å². The minimum atomic E-state index is -4.48. The third-order valence-corrected chi connectivity index (χ3v) is 4.64.